The maximum absolute atomic E-state index is 10.8. The summed E-state index contributed by atoms with van der Waals surface area (Å²) < 4.78 is 0. The van der Waals surface area contributed by atoms with E-state index in [2.05, 4.69) is 0 Å². The summed E-state index contributed by atoms with van der Waals surface area (Å²) in [5, 5.41) is 18.7. The van der Waals surface area contributed by atoms with Gasteiger partial charge in [-0.15, -0.1) is 0 Å². The molecule has 0 heterocycles. The zero-order valence-corrected chi connectivity index (χ0v) is 9.13. The Balaban J connectivity index is 2.55. The zero-order chi connectivity index (χ0) is 12.3. The molecule has 0 saturated heterocycles. The molecule has 0 radical (unpaired) electrons. The van der Waals surface area contributed by atoms with Crippen LogP contribution in [-0.4, -0.2) is 16.2 Å². The first-order valence-corrected chi connectivity index (χ1v) is 5.26. The minimum Gasteiger partial charge on any atom is -0.507 e. The third-order valence-corrected chi connectivity index (χ3v) is 2.53. The first-order valence-electron chi connectivity index (χ1n) is 5.26. The number of carboxylic acid groups (broad SMARTS) is 1. The summed E-state index contributed by atoms with van der Waals surface area (Å²) in [7, 11) is 0. The average Bonchev–Trinajstić information content (AvgIpc) is 2.29. The Hall–Kier alpha value is -2.29. The SMILES string of the molecule is O=C(O)Cc1cccc(O)c1-c1ccccc1. The van der Waals surface area contributed by atoms with Gasteiger partial charge < -0.3 is 10.2 Å². The van der Waals surface area contributed by atoms with Gasteiger partial charge >= 0.3 is 5.97 Å². The van der Waals surface area contributed by atoms with Crippen molar-refractivity contribution in [2.45, 2.75) is 6.42 Å². The number of phenols is 1. The number of hydrogen-bond donors (Lipinski definition) is 2. The molecule has 0 aliphatic heterocycles. The standard InChI is InChI=1S/C14H12O3/c15-12-8-4-7-11(9-13(16)17)14(12)10-5-2-1-3-6-10/h1-8,15H,9H2,(H,16,17). The number of phenolic OH excluding ortho intramolecular Hbond substituents is 1. The summed E-state index contributed by atoms with van der Waals surface area (Å²) in [5.41, 5.74) is 2.03. The minimum atomic E-state index is -0.909. The lowest BCUT2D eigenvalue weighted by Crippen LogP contribution is -2.01. The fourth-order valence-electron chi connectivity index (χ4n) is 1.83. The third-order valence-electron chi connectivity index (χ3n) is 2.53. The lowest BCUT2D eigenvalue weighted by molar-refractivity contribution is -0.136. The van der Waals surface area contributed by atoms with Gasteiger partial charge in [-0.05, 0) is 17.2 Å². The number of rotatable bonds is 3. The smallest absolute Gasteiger partial charge is 0.307 e. The van der Waals surface area contributed by atoms with Gasteiger partial charge in [0.2, 0.25) is 0 Å². The Morgan fingerprint density at radius 3 is 2.35 bits per heavy atom. The van der Waals surface area contributed by atoms with E-state index in [9.17, 15) is 9.90 Å². The Morgan fingerprint density at radius 1 is 1.00 bits per heavy atom. The van der Waals surface area contributed by atoms with E-state index in [1.165, 1.54) is 0 Å². The fraction of sp³-hybridized carbons (Fsp3) is 0.0714. The number of benzene rings is 2. The summed E-state index contributed by atoms with van der Waals surface area (Å²) in [6, 6.07) is 14.2. The number of aliphatic carboxylic acids is 1. The first-order chi connectivity index (χ1) is 8.18. The predicted molar refractivity (Wildman–Crippen MR) is 64.9 cm³/mol. The maximum atomic E-state index is 10.8. The van der Waals surface area contributed by atoms with E-state index in [1.807, 2.05) is 30.3 Å². The molecule has 0 aliphatic rings. The van der Waals surface area contributed by atoms with Gasteiger partial charge in [0.1, 0.15) is 5.75 Å². The van der Waals surface area contributed by atoms with Crippen LogP contribution in [0.25, 0.3) is 11.1 Å². The number of carbonyl (C=O) groups is 1. The molecule has 0 aromatic heterocycles. The molecule has 2 aromatic carbocycles. The molecule has 0 fully saturated rings. The summed E-state index contributed by atoms with van der Waals surface area (Å²) in [6.07, 6.45) is -0.0986. The molecule has 2 rings (SSSR count). The van der Waals surface area contributed by atoms with Gasteiger partial charge in [0, 0.05) is 5.56 Å². The second-order valence-electron chi connectivity index (χ2n) is 3.75. The van der Waals surface area contributed by atoms with Crippen LogP contribution in [0.1, 0.15) is 5.56 Å². The van der Waals surface area contributed by atoms with Crippen molar-refractivity contribution in [3.8, 4) is 16.9 Å². The summed E-state index contributed by atoms with van der Waals surface area (Å²) in [4.78, 5) is 10.8. The van der Waals surface area contributed by atoms with Crippen LogP contribution < -0.4 is 0 Å². The molecule has 2 aromatic rings. The molecule has 0 unspecified atom stereocenters. The first kappa shape index (κ1) is 11.2. The molecule has 0 aliphatic carbocycles. The van der Waals surface area contributed by atoms with E-state index in [0.717, 1.165) is 5.56 Å². The Bertz CT molecular complexity index is 532. The predicted octanol–water partition coefficient (Wildman–Crippen LogP) is 2.69. The van der Waals surface area contributed by atoms with Gasteiger partial charge in [0.15, 0.2) is 0 Å². The van der Waals surface area contributed by atoms with E-state index >= 15 is 0 Å². The lowest BCUT2D eigenvalue weighted by Gasteiger charge is -2.10. The van der Waals surface area contributed by atoms with E-state index < -0.39 is 5.97 Å². The lowest BCUT2D eigenvalue weighted by atomic mass is 9.97. The van der Waals surface area contributed by atoms with Gasteiger partial charge in [0.05, 0.1) is 6.42 Å². The van der Waals surface area contributed by atoms with Crippen LogP contribution in [0.5, 0.6) is 5.75 Å². The van der Waals surface area contributed by atoms with E-state index in [0.29, 0.717) is 11.1 Å². The number of carboxylic acids is 1. The van der Waals surface area contributed by atoms with Crippen LogP contribution >= 0.6 is 0 Å². The van der Waals surface area contributed by atoms with Gasteiger partial charge in [-0.1, -0.05) is 42.5 Å². The van der Waals surface area contributed by atoms with E-state index in [4.69, 9.17) is 5.11 Å². The second kappa shape index (κ2) is 4.70. The fourth-order valence-corrected chi connectivity index (χ4v) is 1.83. The topological polar surface area (TPSA) is 57.5 Å². The molecular weight excluding hydrogens is 216 g/mol. The second-order valence-corrected chi connectivity index (χ2v) is 3.75. The van der Waals surface area contributed by atoms with Crippen LogP contribution in [0.4, 0.5) is 0 Å². The minimum absolute atomic E-state index is 0.0986. The highest BCUT2D eigenvalue weighted by Gasteiger charge is 2.12. The van der Waals surface area contributed by atoms with Crippen molar-refractivity contribution in [1.29, 1.82) is 0 Å². The normalized spacial score (nSPS) is 10.1. The quantitative estimate of drug-likeness (QED) is 0.849. The van der Waals surface area contributed by atoms with Gasteiger partial charge in [-0.2, -0.15) is 0 Å². The van der Waals surface area contributed by atoms with Crippen molar-refractivity contribution < 1.29 is 15.0 Å². The Morgan fingerprint density at radius 2 is 1.71 bits per heavy atom. The van der Waals surface area contributed by atoms with Gasteiger partial charge in [-0.25, -0.2) is 0 Å². The van der Waals surface area contributed by atoms with E-state index in [1.54, 1.807) is 18.2 Å². The molecule has 2 N–H and O–H groups in total. The van der Waals surface area contributed by atoms with Crippen LogP contribution in [0, 0.1) is 0 Å². The highest BCUT2D eigenvalue weighted by Crippen LogP contribution is 2.32. The largest absolute Gasteiger partial charge is 0.507 e. The van der Waals surface area contributed by atoms with Crippen LogP contribution in [0.2, 0.25) is 0 Å². The van der Waals surface area contributed by atoms with Crippen molar-refractivity contribution in [1.82, 2.24) is 0 Å². The molecule has 0 bridgehead atoms. The molecule has 0 atom stereocenters. The monoisotopic (exact) mass is 228 g/mol. The summed E-state index contributed by atoms with van der Waals surface area (Å²) in [5.74, 6) is -0.803. The van der Waals surface area contributed by atoms with Crippen molar-refractivity contribution in [3.05, 3.63) is 54.1 Å². The highest BCUT2D eigenvalue weighted by molar-refractivity contribution is 5.79. The van der Waals surface area contributed by atoms with Crippen LogP contribution in [0.15, 0.2) is 48.5 Å². The van der Waals surface area contributed by atoms with Crippen molar-refractivity contribution in [2.24, 2.45) is 0 Å². The third kappa shape index (κ3) is 2.45. The Labute approximate surface area is 99.0 Å². The maximum Gasteiger partial charge on any atom is 0.307 e. The van der Waals surface area contributed by atoms with Crippen molar-refractivity contribution >= 4 is 5.97 Å². The molecule has 17 heavy (non-hydrogen) atoms. The summed E-state index contributed by atoms with van der Waals surface area (Å²) in [6.45, 7) is 0. The van der Waals surface area contributed by atoms with E-state index in [-0.39, 0.29) is 12.2 Å². The molecular formula is C14H12O3. The zero-order valence-electron chi connectivity index (χ0n) is 9.13. The van der Waals surface area contributed by atoms with Crippen LogP contribution in [0.3, 0.4) is 0 Å². The van der Waals surface area contributed by atoms with Crippen LogP contribution in [-0.2, 0) is 11.2 Å². The molecule has 0 amide bonds. The van der Waals surface area contributed by atoms with Gasteiger partial charge in [0.25, 0.3) is 0 Å². The molecule has 0 spiro atoms. The van der Waals surface area contributed by atoms with Crippen molar-refractivity contribution in [2.75, 3.05) is 0 Å². The number of aromatic hydroxyl groups is 1. The Kier molecular flexibility index (Phi) is 3.10. The van der Waals surface area contributed by atoms with Crippen molar-refractivity contribution in [3.63, 3.8) is 0 Å². The summed E-state index contributed by atoms with van der Waals surface area (Å²) >= 11 is 0. The number of hydrogen-bond acceptors (Lipinski definition) is 2. The molecule has 86 valence electrons. The molecule has 0 saturated carbocycles. The van der Waals surface area contributed by atoms with Gasteiger partial charge in [-0.3, -0.25) is 4.79 Å². The average molecular weight is 228 g/mol. The molecule has 3 nitrogen and oxygen atoms in total. The highest BCUT2D eigenvalue weighted by atomic mass is 16.4. The molecule has 3 heteroatoms.